The van der Waals surface area contributed by atoms with Crippen molar-refractivity contribution in [1.82, 2.24) is 19.6 Å². The zero-order valence-corrected chi connectivity index (χ0v) is 16.6. The summed E-state index contributed by atoms with van der Waals surface area (Å²) in [5.41, 5.74) is 1.75. The van der Waals surface area contributed by atoms with E-state index in [1.54, 1.807) is 27.9 Å². The Bertz CT molecular complexity index is 831. The van der Waals surface area contributed by atoms with Crippen molar-refractivity contribution < 1.29 is 14.0 Å². The predicted octanol–water partition coefficient (Wildman–Crippen LogP) is 2.62. The fourth-order valence-electron chi connectivity index (χ4n) is 3.55. The molecule has 1 aliphatic rings. The minimum Gasteiger partial charge on any atom is -0.338 e. The van der Waals surface area contributed by atoms with Crippen LogP contribution >= 0.6 is 0 Å². The molecular weight excluding hydrogens is 359 g/mol. The molecule has 0 spiro atoms. The second kappa shape index (κ2) is 8.54. The van der Waals surface area contributed by atoms with Gasteiger partial charge in [-0.25, -0.2) is 4.39 Å². The molecule has 28 heavy (non-hydrogen) atoms. The summed E-state index contributed by atoms with van der Waals surface area (Å²) in [7, 11) is 0. The van der Waals surface area contributed by atoms with Gasteiger partial charge in [0.25, 0.3) is 0 Å². The van der Waals surface area contributed by atoms with Crippen molar-refractivity contribution in [3.05, 3.63) is 53.6 Å². The third kappa shape index (κ3) is 4.77. The largest absolute Gasteiger partial charge is 0.338 e. The van der Waals surface area contributed by atoms with E-state index in [9.17, 15) is 14.0 Å². The SMILES string of the molecule is Cc1ccn(CC(=O)N2CCC(=O)N(Cc3ccc(F)cc3)[C@@H](C(C)C)C2)n1. The second-order valence-corrected chi connectivity index (χ2v) is 7.70. The van der Waals surface area contributed by atoms with E-state index in [0.29, 0.717) is 19.6 Å². The average molecular weight is 386 g/mol. The second-order valence-electron chi connectivity index (χ2n) is 7.70. The first kappa shape index (κ1) is 20.0. The summed E-state index contributed by atoms with van der Waals surface area (Å²) < 4.78 is 14.8. The first-order valence-electron chi connectivity index (χ1n) is 9.65. The van der Waals surface area contributed by atoms with Gasteiger partial charge in [0.1, 0.15) is 12.4 Å². The van der Waals surface area contributed by atoms with E-state index >= 15 is 0 Å². The van der Waals surface area contributed by atoms with Crippen LogP contribution in [0.4, 0.5) is 4.39 Å². The molecule has 0 aliphatic carbocycles. The van der Waals surface area contributed by atoms with Crippen molar-refractivity contribution >= 4 is 11.8 Å². The van der Waals surface area contributed by atoms with Gasteiger partial charge < -0.3 is 9.80 Å². The number of amides is 2. The Kier molecular flexibility index (Phi) is 6.11. The molecule has 0 saturated carbocycles. The fourth-order valence-corrected chi connectivity index (χ4v) is 3.55. The third-order valence-electron chi connectivity index (χ3n) is 5.18. The molecule has 0 bridgehead atoms. The van der Waals surface area contributed by atoms with Crippen LogP contribution in [0.2, 0.25) is 0 Å². The lowest BCUT2D eigenvalue weighted by Crippen LogP contribution is -2.47. The Morgan fingerprint density at radius 3 is 2.57 bits per heavy atom. The van der Waals surface area contributed by atoms with E-state index < -0.39 is 0 Å². The van der Waals surface area contributed by atoms with E-state index in [-0.39, 0.29) is 42.6 Å². The van der Waals surface area contributed by atoms with E-state index in [4.69, 9.17) is 0 Å². The number of benzene rings is 1. The van der Waals surface area contributed by atoms with Gasteiger partial charge >= 0.3 is 0 Å². The van der Waals surface area contributed by atoms with Crippen molar-refractivity contribution in [2.75, 3.05) is 13.1 Å². The average Bonchev–Trinajstić information content (AvgIpc) is 2.97. The molecule has 150 valence electrons. The van der Waals surface area contributed by atoms with Crippen LogP contribution in [-0.2, 0) is 22.7 Å². The highest BCUT2D eigenvalue weighted by Crippen LogP contribution is 2.21. The number of carbonyl (C=O) groups excluding carboxylic acids is 2. The van der Waals surface area contributed by atoms with Crippen LogP contribution < -0.4 is 0 Å². The lowest BCUT2D eigenvalue weighted by atomic mass is 10.0. The predicted molar refractivity (Wildman–Crippen MR) is 104 cm³/mol. The fraction of sp³-hybridized carbons (Fsp3) is 0.476. The van der Waals surface area contributed by atoms with Gasteiger partial charge in [-0.05, 0) is 36.6 Å². The number of hydrogen-bond acceptors (Lipinski definition) is 3. The lowest BCUT2D eigenvalue weighted by molar-refractivity contribution is -0.134. The lowest BCUT2D eigenvalue weighted by Gasteiger charge is -2.34. The molecule has 1 aromatic carbocycles. The molecule has 3 rings (SSSR count). The van der Waals surface area contributed by atoms with Crippen molar-refractivity contribution in [3.8, 4) is 0 Å². The zero-order valence-electron chi connectivity index (χ0n) is 16.6. The number of halogens is 1. The molecule has 2 amide bonds. The Hall–Kier alpha value is -2.70. The standard InChI is InChI=1S/C21H27FN4O2/c1-15(2)19-13-24(21(28)14-25-11-8-16(3)23-25)10-9-20(27)26(19)12-17-4-6-18(22)7-5-17/h4-8,11,15,19H,9-10,12-14H2,1-3H3/t19-/m1/s1. The van der Waals surface area contributed by atoms with Gasteiger partial charge in [-0.15, -0.1) is 0 Å². The van der Waals surface area contributed by atoms with E-state index in [1.807, 2.05) is 17.9 Å². The summed E-state index contributed by atoms with van der Waals surface area (Å²) in [6.07, 6.45) is 2.07. The maximum Gasteiger partial charge on any atom is 0.244 e. The molecule has 1 atom stereocenters. The molecule has 1 saturated heterocycles. The highest BCUT2D eigenvalue weighted by Gasteiger charge is 2.33. The Morgan fingerprint density at radius 1 is 1.25 bits per heavy atom. The minimum atomic E-state index is -0.294. The van der Waals surface area contributed by atoms with Crippen LogP contribution in [0.3, 0.4) is 0 Å². The normalized spacial score (nSPS) is 17.9. The maximum atomic E-state index is 13.2. The van der Waals surface area contributed by atoms with Crippen LogP contribution in [0.25, 0.3) is 0 Å². The zero-order chi connectivity index (χ0) is 20.3. The van der Waals surface area contributed by atoms with Crippen LogP contribution in [0.1, 0.15) is 31.5 Å². The summed E-state index contributed by atoms with van der Waals surface area (Å²) in [6, 6.07) is 7.99. The smallest absolute Gasteiger partial charge is 0.244 e. The maximum absolute atomic E-state index is 13.2. The van der Waals surface area contributed by atoms with E-state index in [0.717, 1.165) is 11.3 Å². The highest BCUT2D eigenvalue weighted by atomic mass is 19.1. The topological polar surface area (TPSA) is 58.4 Å². The molecular formula is C21H27FN4O2. The number of nitrogens with zero attached hydrogens (tertiary/aromatic N) is 4. The molecule has 6 nitrogen and oxygen atoms in total. The molecule has 0 radical (unpaired) electrons. The molecule has 1 aromatic heterocycles. The quantitative estimate of drug-likeness (QED) is 0.794. The van der Waals surface area contributed by atoms with E-state index in [1.165, 1.54) is 12.1 Å². The summed E-state index contributed by atoms with van der Waals surface area (Å²) in [5.74, 6) is -0.125. The van der Waals surface area contributed by atoms with Crippen molar-refractivity contribution in [2.45, 2.75) is 46.3 Å². The molecule has 0 N–H and O–H groups in total. The Balaban J connectivity index is 1.75. The highest BCUT2D eigenvalue weighted by molar-refractivity contribution is 5.80. The molecule has 1 aliphatic heterocycles. The number of aromatic nitrogens is 2. The summed E-state index contributed by atoms with van der Waals surface area (Å²) in [4.78, 5) is 29.2. The van der Waals surface area contributed by atoms with Gasteiger partial charge in [-0.3, -0.25) is 14.3 Å². The third-order valence-corrected chi connectivity index (χ3v) is 5.18. The van der Waals surface area contributed by atoms with Crippen LogP contribution in [0.15, 0.2) is 36.5 Å². The first-order chi connectivity index (χ1) is 13.3. The number of carbonyl (C=O) groups is 2. The van der Waals surface area contributed by atoms with Crippen LogP contribution in [0.5, 0.6) is 0 Å². The van der Waals surface area contributed by atoms with Gasteiger partial charge in [0.05, 0.1) is 11.7 Å². The van der Waals surface area contributed by atoms with E-state index in [2.05, 4.69) is 18.9 Å². The van der Waals surface area contributed by atoms with Gasteiger partial charge in [-0.1, -0.05) is 26.0 Å². The van der Waals surface area contributed by atoms with Gasteiger partial charge in [0.2, 0.25) is 11.8 Å². The summed E-state index contributed by atoms with van der Waals surface area (Å²) in [6.45, 7) is 7.48. The van der Waals surface area contributed by atoms with Crippen LogP contribution in [0, 0.1) is 18.7 Å². The van der Waals surface area contributed by atoms with Gasteiger partial charge in [0, 0.05) is 32.3 Å². The molecule has 2 heterocycles. The number of aryl methyl sites for hydroxylation is 1. The number of rotatable bonds is 5. The molecule has 2 aromatic rings. The first-order valence-corrected chi connectivity index (χ1v) is 9.65. The van der Waals surface area contributed by atoms with Gasteiger partial charge in [-0.2, -0.15) is 5.10 Å². The number of hydrogen-bond donors (Lipinski definition) is 0. The monoisotopic (exact) mass is 386 g/mol. The van der Waals surface area contributed by atoms with Crippen LogP contribution in [-0.4, -0.2) is 50.5 Å². The Labute approximate surface area is 164 Å². The minimum absolute atomic E-state index is 0.0215. The summed E-state index contributed by atoms with van der Waals surface area (Å²) in [5, 5.41) is 4.28. The molecule has 7 heteroatoms. The Morgan fingerprint density at radius 2 is 1.96 bits per heavy atom. The van der Waals surface area contributed by atoms with Crippen molar-refractivity contribution in [3.63, 3.8) is 0 Å². The van der Waals surface area contributed by atoms with Crippen molar-refractivity contribution in [2.24, 2.45) is 5.92 Å². The summed E-state index contributed by atoms with van der Waals surface area (Å²) >= 11 is 0. The van der Waals surface area contributed by atoms with Gasteiger partial charge in [0.15, 0.2) is 0 Å². The van der Waals surface area contributed by atoms with Crippen molar-refractivity contribution in [1.29, 1.82) is 0 Å². The molecule has 0 unspecified atom stereocenters. The molecule has 1 fully saturated rings.